The van der Waals surface area contributed by atoms with E-state index in [-0.39, 0.29) is 0 Å². The lowest BCUT2D eigenvalue weighted by molar-refractivity contribution is 1.09. The second-order valence-corrected chi connectivity index (χ2v) is 2.91. The normalized spacial score (nSPS) is 9.71. The minimum atomic E-state index is 0.543. The molecule has 0 aromatic carbocycles. The smallest absolute Gasteiger partial charge is 0.103 e. The predicted octanol–water partition coefficient (Wildman–Crippen LogP) is 1.65. The average molecular weight is 184 g/mol. The number of aryl methyl sites for hydroxylation is 1. The molecule has 0 fully saturated rings. The average Bonchev–Trinajstić information content (AvgIpc) is 2.66. The van der Waals surface area contributed by atoms with Crippen molar-refractivity contribution in [3.8, 4) is 17.3 Å². The molecular formula is C10H8N4. The summed E-state index contributed by atoms with van der Waals surface area (Å²) in [7, 11) is 0. The van der Waals surface area contributed by atoms with E-state index < -0.39 is 0 Å². The molecule has 0 bridgehead atoms. The third-order valence-corrected chi connectivity index (χ3v) is 2.04. The van der Waals surface area contributed by atoms with Crippen molar-refractivity contribution in [2.45, 2.75) is 6.92 Å². The van der Waals surface area contributed by atoms with Crippen LogP contribution in [0.3, 0.4) is 0 Å². The van der Waals surface area contributed by atoms with Gasteiger partial charge in [0.1, 0.15) is 6.07 Å². The first-order chi connectivity index (χ1) is 6.83. The van der Waals surface area contributed by atoms with E-state index in [1.165, 1.54) is 6.20 Å². The van der Waals surface area contributed by atoms with Crippen molar-refractivity contribution < 1.29 is 0 Å². The van der Waals surface area contributed by atoms with Gasteiger partial charge in [-0.1, -0.05) is 0 Å². The molecule has 2 heterocycles. The molecule has 0 aliphatic carbocycles. The van der Waals surface area contributed by atoms with Crippen LogP contribution in [-0.4, -0.2) is 15.2 Å². The van der Waals surface area contributed by atoms with E-state index in [4.69, 9.17) is 5.26 Å². The van der Waals surface area contributed by atoms with E-state index in [0.717, 1.165) is 17.0 Å². The van der Waals surface area contributed by atoms with Gasteiger partial charge in [0.25, 0.3) is 0 Å². The predicted molar refractivity (Wildman–Crippen MR) is 51.3 cm³/mol. The fraction of sp³-hybridized carbons (Fsp3) is 0.100. The van der Waals surface area contributed by atoms with Crippen LogP contribution >= 0.6 is 0 Å². The van der Waals surface area contributed by atoms with Crippen LogP contribution in [0.15, 0.2) is 24.5 Å². The maximum atomic E-state index is 8.83. The monoisotopic (exact) mass is 184 g/mol. The molecule has 2 aromatic heterocycles. The zero-order chi connectivity index (χ0) is 9.97. The SMILES string of the molecule is Cc1ncccc1-c1[nH]ncc1C#N. The maximum Gasteiger partial charge on any atom is 0.103 e. The zero-order valence-electron chi connectivity index (χ0n) is 7.65. The highest BCUT2D eigenvalue weighted by atomic mass is 15.1. The number of aromatic amines is 1. The Balaban J connectivity index is 2.62. The topological polar surface area (TPSA) is 65.4 Å². The van der Waals surface area contributed by atoms with Gasteiger partial charge in [0.2, 0.25) is 0 Å². The van der Waals surface area contributed by atoms with Gasteiger partial charge in [-0.3, -0.25) is 10.1 Å². The summed E-state index contributed by atoms with van der Waals surface area (Å²) >= 11 is 0. The van der Waals surface area contributed by atoms with Gasteiger partial charge in [-0.05, 0) is 19.1 Å². The van der Waals surface area contributed by atoms with Crippen LogP contribution in [0.2, 0.25) is 0 Å². The Morgan fingerprint density at radius 1 is 1.50 bits per heavy atom. The van der Waals surface area contributed by atoms with Crippen LogP contribution in [0.1, 0.15) is 11.3 Å². The molecule has 0 saturated heterocycles. The molecule has 0 unspecified atom stereocenters. The third kappa shape index (κ3) is 1.25. The fourth-order valence-electron chi connectivity index (χ4n) is 1.32. The Labute approximate surface area is 81.2 Å². The summed E-state index contributed by atoms with van der Waals surface area (Å²) in [5.74, 6) is 0. The quantitative estimate of drug-likeness (QED) is 0.732. The number of pyridine rings is 1. The zero-order valence-corrected chi connectivity index (χ0v) is 7.65. The molecule has 0 radical (unpaired) electrons. The number of H-pyrrole nitrogens is 1. The van der Waals surface area contributed by atoms with Crippen molar-refractivity contribution in [3.05, 3.63) is 35.8 Å². The lowest BCUT2D eigenvalue weighted by atomic mass is 10.1. The van der Waals surface area contributed by atoms with Crippen LogP contribution in [0.4, 0.5) is 0 Å². The maximum absolute atomic E-state index is 8.83. The molecular weight excluding hydrogens is 176 g/mol. The largest absolute Gasteiger partial charge is 0.276 e. The van der Waals surface area contributed by atoms with Crippen LogP contribution in [-0.2, 0) is 0 Å². The van der Waals surface area contributed by atoms with Gasteiger partial charge < -0.3 is 0 Å². The van der Waals surface area contributed by atoms with Crippen molar-refractivity contribution in [2.24, 2.45) is 0 Å². The van der Waals surface area contributed by atoms with E-state index in [1.807, 2.05) is 19.1 Å². The van der Waals surface area contributed by atoms with Crippen molar-refractivity contribution in [1.82, 2.24) is 15.2 Å². The molecule has 0 aliphatic heterocycles. The van der Waals surface area contributed by atoms with Gasteiger partial charge in [0, 0.05) is 17.5 Å². The van der Waals surface area contributed by atoms with E-state index in [1.54, 1.807) is 6.20 Å². The summed E-state index contributed by atoms with van der Waals surface area (Å²) in [6.45, 7) is 1.90. The van der Waals surface area contributed by atoms with Crippen LogP contribution in [0, 0.1) is 18.3 Å². The fourth-order valence-corrected chi connectivity index (χ4v) is 1.32. The van der Waals surface area contributed by atoms with E-state index in [9.17, 15) is 0 Å². The summed E-state index contributed by atoms with van der Waals surface area (Å²) in [6, 6.07) is 5.83. The van der Waals surface area contributed by atoms with Crippen LogP contribution < -0.4 is 0 Å². The summed E-state index contributed by atoms with van der Waals surface area (Å²) in [4.78, 5) is 4.15. The van der Waals surface area contributed by atoms with Gasteiger partial charge in [0.15, 0.2) is 0 Å². The van der Waals surface area contributed by atoms with Crippen LogP contribution in [0.25, 0.3) is 11.3 Å². The highest BCUT2D eigenvalue weighted by Crippen LogP contribution is 2.21. The van der Waals surface area contributed by atoms with E-state index >= 15 is 0 Å². The minimum Gasteiger partial charge on any atom is -0.276 e. The van der Waals surface area contributed by atoms with Gasteiger partial charge in [-0.15, -0.1) is 0 Å². The first-order valence-corrected chi connectivity index (χ1v) is 4.18. The van der Waals surface area contributed by atoms with Gasteiger partial charge in [0.05, 0.1) is 17.5 Å². The Hall–Kier alpha value is -2.15. The van der Waals surface area contributed by atoms with Crippen molar-refractivity contribution in [3.63, 3.8) is 0 Å². The van der Waals surface area contributed by atoms with Crippen molar-refractivity contribution >= 4 is 0 Å². The lowest BCUT2D eigenvalue weighted by Crippen LogP contribution is -1.88. The molecule has 0 aliphatic rings. The molecule has 4 nitrogen and oxygen atoms in total. The van der Waals surface area contributed by atoms with Crippen molar-refractivity contribution in [1.29, 1.82) is 5.26 Å². The molecule has 0 saturated carbocycles. The molecule has 4 heteroatoms. The molecule has 1 N–H and O–H groups in total. The highest BCUT2D eigenvalue weighted by molar-refractivity contribution is 5.67. The number of aromatic nitrogens is 3. The Morgan fingerprint density at radius 3 is 3.07 bits per heavy atom. The number of rotatable bonds is 1. The summed E-state index contributed by atoms with van der Waals surface area (Å²) in [5.41, 5.74) is 3.08. The molecule has 0 spiro atoms. The van der Waals surface area contributed by atoms with Gasteiger partial charge in [-0.25, -0.2) is 0 Å². The summed E-state index contributed by atoms with van der Waals surface area (Å²) in [5, 5.41) is 15.5. The van der Waals surface area contributed by atoms with Gasteiger partial charge in [-0.2, -0.15) is 10.4 Å². The number of nitriles is 1. The Kier molecular flexibility index (Phi) is 1.99. The molecule has 68 valence electrons. The standard InChI is InChI=1S/C10H8N4/c1-7-9(3-2-4-12-7)10-8(5-11)6-13-14-10/h2-4,6H,1H3,(H,13,14). The number of hydrogen-bond donors (Lipinski definition) is 1. The Bertz CT molecular complexity index is 493. The van der Waals surface area contributed by atoms with Gasteiger partial charge >= 0.3 is 0 Å². The first kappa shape index (κ1) is 8.45. The second kappa shape index (κ2) is 3.30. The van der Waals surface area contributed by atoms with Crippen molar-refractivity contribution in [2.75, 3.05) is 0 Å². The Morgan fingerprint density at radius 2 is 2.36 bits per heavy atom. The molecule has 0 atom stereocenters. The number of nitrogens with one attached hydrogen (secondary N) is 1. The molecule has 2 aromatic rings. The van der Waals surface area contributed by atoms with Crippen LogP contribution in [0.5, 0.6) is 0 Å². The number of hydrogen-bond acceptors (Lipinski definition) is 3. The number of nitrogens with zero attached hydrogens (tertiary/aromatic N) is 3. The summed E-state index contributed by atoms with van der Waals surface area (Å²) < 4.78 is 0. The summed E-state index contributed by atoms with van der Waals surface area (Å²) in [6.07, 6.45) is 3.24. The molecule has 0 amide bonds. The van der Waals surface area contributed by atoms with E-state index in [2.05, 4.69) is 21.3 Å². The first-order valence-electron chi connectivity index (χ1n) is 4.18. The minimum absolute atomic E-state index is 0.543. The second-order valence-electron chi connectivity index (χ2n) is 2.91. The molecule has 2 rings (SSSR count). The highest BCUT2D eigenvalue weighted by Gasteiger charge is 2.09. The lowest BCUT2D eigenvalue weighted by Gasteiger charge is -2.00. The third-order valence-electron chi connectivity index (χ3n) is 2.04. The molecule has 14 heavy (non-hydrogen) atoms. The van der Waals surface area contributed by atoms with E-state index in [0.29, 0.717) is 5.56 Å².